The highest BCUT2D eigenvalue weighted by Crippen LogP contribution is 2.36. The van der Waals surface area contributed by atoms with E-state index in [4.69, 9.17) is 5.11 Å². The predicted octanol–water partition coefficient (Wildman–Crippen LogP) is 13.0. The highest BCUT2D eigenvalue weighted by Gasteiger charge is 2.08. The van der Waals surface area contributed by atoms with E-state index in [1.165, 1.54) is 69.8 Å². The Morgan fingerprint density at radius 2 is 1.26 bits per heavy atom. The summed E-state index contributed by atoms with van der Waals surface area (Å²) >= 11 is 0. The number of nitrogens with zero attached hydrogens (tertiary/aromatic N) is 4. The number of nitrogens with one attached hydrogen (secondary N) is 1. The van der Waals surface area contributed by atoms with Crippen molar-refractivity contribution in [3.63, 3.8) is 0 Å². The fourth-order valence-electron chi connectivity index (χ4n) is 5.24. The first-order valence-electron chi connectivity index (χ1n) is 15.9. The largest absolute Gasteiger partial charge is 0.383 e. The summed E-state index contributed by atoms with van der Waals surface area (Å²) in [4.78, 5) is 0. The lowest BCUT2D eigenvalue weighted by Crippen LogP contribution is -2.01. The van der Waals surface area contributed by atoms with Gasteiger partial charge in [-0.15, -0.1) is 5.11 Å². The molecule has 0 saturated carbocycles. The Bertz CT molecular complexity index is 1460. The highest BCUT2D eigenvalue weighted by molar-refractivity contribution is 5.98. The Morgan fingerprint density at radius 1 is 0.571 bits per heavy atom. The number of hydrogen-bond donors (Lipinski definition) is 1. The van der Waals surface area contributed by atoms with Crippen LogP contribution >= 0.6 is 0 Å². The van der Waals surface area contributed by atoms with Crippen LogP contribution in [0.3, 0.4) is 0 Å². The second-order valence-corrected chi connectivity index (χ2v) is 11.4. The van der Waals surface area contributed by atoms with Crippen LogP contribution in [-0.2, 0) is 0 Å². The Labute approximate surface area is 252 Å². The molecular weight excluding hydrogens is 514 g/mol. The molecule has 0 heterocycles. The average molecular weight is 562 g/mol. The number of rotatable bonds is 17. The number of benzene rings is 4. The normalized spacial score (nSPS) is 11.7. The number of azo groups is 2. The third-order valence-electron chi connectivity index (χ3n) is 7.72. The van der Waals surface area contributed by atoms with E-state index in [9.17, 15) is 0 Å². The summed E-state index contributed by atoms with van der Waals surface area (Å²) in [6.45, 7) is 7.31. The van der Waals surface area contributed by atoms with Crippen LogP contribution in [0.4, 0.5) is 28.4 Å². The van der Waals surface area contributed by atoms with Crippen LogP contribution in [0.5, 0.6) is 0 Å². The van der Waals surface area contributed by atoms with Crippen LogP contribution in [0, 0.1) is 13.8 Å². The molecule has 0 bridgehead atoms. The van der Waals surface area contributed by atoms with Crippen LogP contribution < -0.4 is 5.32 Å². The molecule has 0 atom stereocenters. The summed E-state index contributed by atoms with van der Waals surface area (Å²) in [5, 5.41) is 24.2. The lowest BCUT2D eigenvalue weighted by atomic mass is 10.1. The molecule has 4 aromatic rings. The second kappa shape index (κ2) is 17.2. The zero-order chi connectivity index (χ0) is 29.4. The minimum absolute atomic E-state index is 0.797. The summed E-state index contributed by atoms with van der Waals surface area (Å²) in [5.41, 5.74) is 6.57. The lowest BCUT2D eigenvalue weighted by molar-refractivity contribution is 0.552. The van der Waals surface area contributed by atoms with E-state index in [1.807, 2.05) is 43.3 Å². The van der Waals surface area contributed by atoms with Crippen molar-refractivity contribution in [2.45, 2.75) is 91.4 Å². The van der Waals surface area contributed by atoms with Crippen LogP contribution in [0.1, 0.15) is 88.7 Å². The zero-order valence-electron chi connectivity index (χ0n) is 25.8. The van der Waals surface area contributed by atoms with E-state index in [0.717, 1.165) is 57.7 Å². The molecule has 5 heteroatoms. The Balaban J connectivity index is 1.34. The topological polar surface area (TPSA) is 61.5 Å². The van der Waals surface area contributed by atoms with Crippen molar-refractivity contribution in [2.75, 3.05) is 11.9 Å². The van der Waals surface area contributed by atoms with Gasteiger partial charge in [-0.25, -0.2) is 0 Å². The number of fused-ring (bicyclic) bond motifs is 1. The van der Waals surface area contributed by atoms with Gasteiger partial charge in [-0.2, -0.15) is 15.3 Å². The molecule has 0 spiro atoms. The van der Waals surface area contributed by atoms with Crippen molar-refractivity contribution in [1.82, 2.24) is 0 Å². The molecule has 220 valence electrons. The van der Waals surface area contributed by atoms with E-state index in [2.05, 4.69) is 77.0 Å². The minimum Gasteiger partial charge on any atom is -0.383 e. The molecule has 0 fully saturated rings. The molecule has 4 aromatic carbocycles. The summed E-state index contributed by atoms with van der Waals surface area (Å²) in [7, 11) is 0. The Kier molecular flexibility index (Phi) is 12.7. The number of unbranched alkanes of at least 4 members (excludes halogenated alkanes) is 10. The van der Waals surface area contributed by atoms with Crippen molar-refractivity contribution in [2.24, 2.45) is 20.5 Å². The third-order valence-corrected chi connectivity index (χ3v) is 7.72. The van der Waals surface area contributed by atoms with Crippen LogP contribution in [0.15, 0.2) is 99.3 Å². The Hall–Kier alpha value is -3.86. The van der Waals surface area contributed by atoms with Crippen LogP contribution in [0.25, 0.3) is 10.8 Å². The van der Waals surface area contributed by atoms with E-state index in [-0.39, 0.29) is 0 Å². The summed E-state index contributed by atoms with van der Waals surface area (Å²) in [6, 6.07) is 26.6. The molecule has 5 nitrogen and oxygen atoms in total. The average Bonchev–Trinajstić information content (AvgIpc) is 3.00. The van der Waals surface area contributed by atoms with E-state index >= 15 is 0 Å². The molecule has 1 N–H and O–H groups in total. The maximum absolute atomic E-state index is 4.76. The van der Waals surface area contributed by atoms with Gasteiger partial charge in [0.15, 0.2) is 0 Å². The standard InChI is InChI=1S/C37H47N5/c1-4-5-6-7-8-9-10-11-12-13-16-26-38-36-24-22-31-19-14-15-21-34(31)37(36)42-40-33-23-25-35(30(3)28-33)41-39-32-20-17-18-29(2)27-32/h14-15,17-25,27-28,38H,4-13,16,26H2,1-3H3. The molecule has 4 rings (SSSR count). The van der Waals surface area contributed by atoms with Gasteiger partial charge in [0.05, 0.1) is 22.7 Å². The van der Waals surface area contributed by atoms with Gasteiger partial charge >= 0.3 is 0 Å². The first-order chi connectivity index (χ1) is 20.6. The van der Waals surface area contributed by atoms with Gasteiger partial charge in [-0.3, -0.25) is 0 Å². The molecule has 0 saturated heterocycles. The van der Waals surface area contributed by atoms with Gasteiger partial charge < -0.3 is 5.32 Å². The van der Waals surface area contributed by atoms with E-state index in [0.29, 0.717) is 0 Å². The lowest BCUT2D eigenvalue weighted by Gasteiger charge is -2.11. The first kappa shape index (κ1) is 31.1. The molecule has 0 aromatic heterocycles. The van der Waals surface area contributed by atoms with Crippen molar-refractivity contribution in [1.29, 1.82) is 0 Å². The quantitative estimate of drug-likeness (QED) is 0.101. The maximum Gasteiger partial charge on any atom is 0.117 e. The molecule has 0 aliphatic rings. The molecule has 42 heavy (non-hydrogen) atoms. The van der Waals surface area contributed by atoms with Crippen LogP contribution in [0.2, 0.25) is 0 Å². The monoisotopic (exact) mass is 561 g/mol. The molecule has 0 aliphatic carbocycles. The SMILES string of the molecule is CCCCCCCCCCCCCNc1ccc2ccccc2c1N=Nc1ccc(N=Nc2cccc(C)c2)c(C)c1. The van der Waals surface area contributed by atoms with Gasteiger partial charge in [-0.05, 0) is 73.2 Å². The van der Waals surface area contributed by atoms with Gasteiger partial charge in [0, 0.05) is 11.9 Å². The summed E-state index contributed by atoms with van der Waals surface area (Å²) in [5.74, 6) is 0. The maximum atomic E-state index is 4.76. The molecule has 0 amide bonds. The molecule has 0 unspecified atom stereocenters. The summed E-state index contributed by atoms with van der Waals surface area (Å²) < 4.78 is 0. The Morgan fingerprint density at radius 3 is 2.00 bits per heavy atom. The predicted molar refractivity (Wildman–Crippen MR) is 180 cm³/mol. The molecule has 0 aliphatic heterocycles. The van der Waals surface area contributed by atoms with Crippen molar-refractivity contribution in [3.05, 3.63) is 90.0 Å². The smallest absolute Gasteiger partial charge is 0.117 e. The van der Waals surface area contributed by atoms with Gasteiger partial charge in [-0.1, -0.05) is 114 Å². The highest BCUT2D eigenvalue weighted by atomic mass is 15.1. The van der Waals surface area contributed by atoms with Crippen LogP contribution in [-0.4, -0.2) is 6.54 Å². The second-order valence-electron chi connectivity index (χ2n) is 11.4. The molecular formula is C37H47N5. The van der Waals surface area contributed by atoms with Crippen molar-refractivity contribution in [3.8, 4) is 0 Å². The fourth-order valence-corrected chi connectivity index (χ4v) is 5.24. The first-order valence-corrected chi connectivity index (χ1v) is 15.9. The fraction of sp³-hybridized carbons (Fsp3) is 0.405. The molecule has 0 radical (unpaired) electrons. The minimum atomic E-state index is 0.797. The number of anilines is 1. The van der Waals surface area contributed by atoms with Crippen molar-refractivity contribution >= 4 is 39.2 Å². The van der Waals surface area contributed by atoms with Gasteiger partial charge in [0.2, 0.25) is 0 Å². The number of aryl methyl sites for hydroxylation is 2. The summed E-state index contributed by atoms with van der Waals surface area (Å²) in [6.07, 6.45) is 14.8. The van der Waals surface area contributed by atoms with Gasteiger partial charge in [0.1, 0.15) is 5.69 Å². The van der Waals surface area contributed by atoms with Gasteiger partial charge in [0.25, 0.3) is 0 Å². The third kappa shape index (κ3) is 9.90. The van der Waals surface area contributed by atoms with E-state index < -0.39 is 0 Å². The van der Waals surface area contributed by atoms with Crippen molar-refractivity contribution < 1.29 is 0 Å². The zero-order valence-corrected chi connectivity index (χ0v) is 25.8. The number of hydrogen-bond acceptors (Lipinski definition) is 5. The van der Waals surface area contributed by atoms with E-state index in [1.54, 1.807) is 0 Å².